The summed E-state index contributed by atoms with van der Waals surface area (Å²) in [6, 6.07) is 8.93. The van der Waals surface area contributed by atoms with Crippen LogP contribution in [0.4, 0.5) is 0 Å². The van der Waals surface area contributed by atoms with Gasteiger partial charge in [-0.05, 0) is 0 Å². The maximum absolute atomic E-state index is 2.50. The first-order valence-corrected chi connectivity index (χ1v) is 10.2. The van der Waals surface area contributed by atoms with E-state index in [1.54, 1.807) is 11.1 Å². The molecule has 0 amide bonds. The Balaban J connectivity index is 0.000000735. The van der Waals surface area contributed by atoms with E-state index >= 15 is 0 Å². The van der Waals surface area contributed by atoms with Crippen molar-refractivity contribution in [2.75, 3.05) is 12.8 Å². The molecule has 1 saturated heterocycles. The fourth-order valence-corrected chi connectivity index (χ4v) is 8.57. The van der Waals surface area contributed by atoms with Crippen molar-refractivity contribution in [1.29, 1.82) is 0 Å². The fourth-order valence-electron chi connectivity index (χ4n) is 3.16. The molecule has 4 heteroatoms. The van der Waals surface area contributed by atoms with Crippen LogP contribution in [-0.2, 0) is 19.2 Å². The van der Waals surface area contributed by atoms with E-state index in [0.717, 1.165) is 4.22 Å². The number of fused-ring (bicyclic) bond motifs is 2. The summed E-state index contributed by atoms with van der Waals surface area (Å²) in [5.41, 5.74) is 4.74. The van der Waals surface area contributed by atoms with Crippen LogP contribution in [0, 0.1) is 0 Å². The average molecular weight is 324 g/mol. The van der Waals surface area contributed by atoms with Crippen LogP contribution >= 0.6 is 7.92 Å². The van der Waals surface area contributed by atoms with Gasteiger partial charge in [-0.3, -0.25) is 0 Å². The molecule has 4 rings (SSSR count). The normalized spacial score (nSPS) is 24.8. The molecule has 0 N–H and O–H groups in total. The Bertz CT molecular complexity index is 619. The van der Waals surface area contributed by atoms with E-state index in [1.807, 2.05) is 9.19 Å². The number of benzene rings is 1. The zero-order valence-corrected chi connectivity index (χ0v) is 13.7. The summed E-state index contributed by atoms with van der Waals surface area (Å²) in [5.74, 6) is 0. The van der Waals surface area contributed by atoms with Gasteiger partial charge in [-0.1, -0.05) is 0 Å². The fraction of sp³-hybridized carbons (Fsp3) is 0.250. The minimum absolute atomic E-state index is 0. The van der Waals surface area contributed by atoms with Crippen LogP contribution < -0.4 is 9.41 Å². The second-order valence-electron chi connectivity index (χ2n) is 5.23. The predicted molar refractivity (Wildman–Crippen MR) is 75.7 cm³/mol. The first kappa shape index (κ1) is 15.8. The van der Waals surface area contributed by atoms with Crippen molar-refractivity contribution in [3.63, 3.8) is 0 Å². The van der Waals surface area contributed by atoms with Crippen LogP contribution in [0.1, 0.15) is 21.8 Å². The molecular formula is C16H15F2PTi. The Morgan fingerprint density at radius 1 is 1.20 bits per heavy atom. The van der Waals surface area contributed by atoms with E-state index in [-0.39, 0.29) is 36.5 Å². The van der Waals surface area contributed by atoms with E-state index < -0.39 is 0 Å². The largest absolute Gasteiger partial charge is 1.00 e. The van der Waals surface area contributed by atoms with Gasteiger partial charge in [0.25, 0.3) is 0 Å². The minimum atomic E-state index is -0.00806. The summed E-state index contributed by atoms with van der Waals surface area (Å²) in [4.78, 5) is 0. The topological polar surface area (TPSA) is 0 Å². The number of hydrogen-bond donors (Lipinski definition) is 0. The van der Waals surface area contributed by atoms with E-state index in [4.69, 9.17) is 0 Å². The van der Waals surface area contributed by atoms with Crippen LogP contribution in [0.25, 0.3) is 6.08 Å². The summed E-state index contributed by atoms with van der Waals surface area (Å²) >= 11 is -0.00806. The van der Waals surface area contributed by atoms with E-state index in [1.165, 1.54) is 18.1 Å². The van der Waals surface area contributed by atoms with Crippen molar-refractivity contribution in [3.8, 4) is 0 Å². The van der Waals surface area contributed by atoms with Gasteiger partial charge in [-0.25, -0.2) is 0 Å². The molecule has 0 saturated carbocycles. The first-order chi connectivity index (χ1) is 8.83. The van der Waals surface area contributed by atoms with Crippen LogP contribution in [0.3, 0.4) is 0 Å². The van der Waals surface area contributed by atoms with Crippen molar-refractivity contribution >= 4 is 14.0 Å². The standard InChI is InChI=1S/C9H7.C7H8P.2FH.Ti/c1-2-5-9-7-3-6-8(9)4-1;1-8-5-6-3-2-4-7(6)8;;;/h1-7H;3H,2,5H2,1H3;2*1H;/q;;;;+2/p-2. The zero-order valence-electron chi connectivity index (χ0n) is 11.2. The Labute approximate surface area is 128 Å². The van der Waals surface area contributed by atoms with Crippen LogP contribution in [0.2, 0.25) is 0 Å². The van der Waals surface area contributed by atoms with Crippen molar-refractivity contribution in [3.05, 3.63) is 62.3 Å². The van der Waals surface area contributed by atoms with Gasteiger partial charge >= 0.3 is 119 Å². The van der Waals surface area contributed by atoms with E-state index in [9.17, 15) is 0 Å². The molecule has 1 aromatic rings. The number of hydrogen-bond acceptors (Lipinski definition) is 0. The Hall–Kier alpha value is -0.556. The molecule has 0 aromatic heterocycles. The molecule has 0 radical (unpaired) electrons. The molecule has 2 aliphatic carbocycles. The molecule has 102 valence electrons. The SMILES string of the molecule is CP1CC2=CC[C]([Ti+2][CH]3C=Cc4ccccc43)=C21.[F-].[F-]. The van der Waals surface area contributed by atoms with Gasteiger partial charge in [-0.2, -0.15) is 0 Å². The molecule has 0 spiro atoms. The van der Waals surface area contributed by atoms with Gasteiger partial charge in [0, 0.05) is 0 Å². The molecule has 1 aromatic carbocycles. The Kier molecular flexibility index (Phi) is 4.79. The maximum Gasteiger partial charge on any atom is -1.00 e. The number of halogens is 2. The Morgan fingerprint density at radius 2 is 2.00 bits per heavy atom. The monoisotopic (exact) mass is 324 g/mol. The number of rotatable bonds is 2. The third kappa shape index (κ3) is 2.39. The summed E-state index contributed by atoms with van der Waals surface area (Å²) in [5, 5.41) is 1.82. The second-order valence-corrected chi connectivity index (χ2v) is 9.75. The van der Waals surface area contributed by atoms with Crippen LogP contribution in [-0.4, -0.2) is 12.8 Å². The molecule has 3 aliphatic rings. The molecular weight excluding hydrogens is 309 g/mol. The van der Waals surface area contributed by atoms with Gasteiger partial charge in [0.15, 0.2) is 0 Å². The quantitative estimate of drug-likeness (QED) is 0.460. The van der Waals surface area contributed by atoms with Crippen molar-refractivity contribution < 1.29 is 28.6 Å². The minimum Gasteiger partial charge on any atom is -1.00 e. The molecule has 20 heavy (non-hydrogen) atoms. The van der Waals surface area contributed by atoms with E-state index in [2.05, 4.69) is 49.2 Å². The maximum atomic E-state index is 2.50. The van der Waals surface area contributed by atoms with Crippen LogP contribution in [0.5, 0.6) is 0 Å². The molecule has 1 heterocycles. The first-order valence-electron chi connectivity index (χ1n) is 6.50. The van der Waals surface area contributed by atoms with E-state index in [0.29, 0.717) is 0 Å². The van der Waals surface area contributed by atoms with Crippen molar-refractivity contribution in [2.24, 2.45) is 0 Å². The molecule has 1 aliphatic heterocycles. The van der Waals surface area contributed by atoms with Crippen LogP contribution in [0.15, 0.2) is 51.2 Å². The summed E-state index contributed by atoms with van der Waals surface area (Å²) < 4.78 is 2.61. The zero-order chi connectivity index (χ0) is 12.1. The molecule has 0 nitrogen and oxygen atoms in total. The molecule has 0 bridgehead atoms. The summed E-state index contributed by atoms with van der Waals surface area (Å²) in [7, 11) is 0.234. The predicted octanol–water partition coefficient (Wildman–Crippen LogP) is -1.49. The third-order valence-electron chi connectivity index (χ3n) is 4.06. The van der Waals surface area contributed by atoms with Crippen molar-refractivity contribution in [2.45, 2.75) is 10.6 Å². The summed E-state index contributed by atoms with van der Waals surface area (Å²) in [6.07, 6.45) is 9.96. The van der Waals surface area contributed by atoms with Gasteiger partial charge in [0.05, 0.1) is 0 Å². The summed E-state index contributed by atoms with van der Waals surface area (Å²) in [6.45, 7) is 2.46. The number of allylic oxidation sites excluding steroid dienone is 5. The molecule has 2 atom stereocenters. The van der Waals surface area contributed by atoms with Gasteiger partial charge in [0.1, 0.15) is 0 Å². The van der Waals surface area contributed by atoms with Gasteiger partial charge in [-0.15, -0.1) is 0 Å². The van der Waals surface area contributed by atoms with Gasteiger partial charge < -0.3 is 9.41 Å². The second kappa shape index (κ2) is 6.06. The molecule has 1 fully saturated rings. The average Bonchev–Trinajstić information content (AvgIpc) is 2.91. The Morgan fingerprint density at radius 3 is 2.80 bits per heavy atom. The van der Waals surface area contributed by atoms with Gasteiger partial charge in [0.2, 0.25) is 0 Å². The molecule has 2 unspecified atom stereocenters. The third-order valence-corrected chi connectivity index (χ3v) is 9.05. The van der Waals surface area contributed by atoms with Crippen molar-refractivity contribution in [1.82, 2.24) is 0 Å². The smallest absolute Gasteiger partial charge is 1.00 e.